The van der Waals surface area contributed by atoms with Gasteiger partial charge in [0, 0.05) is 18.1 Å². The number of hydrogen-bond donors (Lipinski definition) is 0. The van der Waals surface area contributed by atoms with Crippen LogP contribution in [0.1, 0.15) is 28.3 Å². The van der Waals surface area contributed by atoms with Crippen molar-refractivity contribution in [3.05, 3.63) is 95.1 Å². The first-order valence-corrected chi connectivity index (χ1v) is 10.1. The van der Waals surface area contributed by atoms with Gasteiger partial charge in [0.1, 0.15) is 37.3 Å². The van der Waals surface area contributed by atoms with E-state index >= 15 is 0 Å². The molecule has 0 spiro atoms. The zero-order valence-electron chi connectivity index (χ0n) is 16.3. The highest BCUT2D eigenvalue weighted by Crippen LogP contribution is 2.45. The highest BCUT2D eigenvalue weighted by molar-refractivity contribution is 5.48. The summed E-state index contributed by atoms with van der Waals surface area (Å²) in [5.41, 5.74) is 5.37. The molecule has 28 heavy (non-hydrogen) atoms. The van der Waals surface area contributed by atoms with Crippen molar-refractivity contribution in [2.45, 2.75) is 19.1 Å². The standard InChI is InChI=1S/C25H26NO2/c1-26-14-13-20-9-5-6-10-22(20)25(26)23-12-11-21(17-24(23)27-16-15-26)28-18-19-7-3-2-4-8-19/h2-12,17,25H,13-16,18H2,1H3/q+1. The normalized spacial score (nSPS) is 22.8. The van der Waals surface area contributed by atoms with Gasteiger partial charge in [-0.05, 0) is 23.3 Å². The van der Waals surface area contributed by atoms with Crippen molar-refractivity contribution in [3.63, 3.8) is 0 Å². The lowest BCUT2D eigenvalue weighted by atomic mass is 9.86. The summed E-state index contributed by atoms with van der Waals surface area (Å²) in [6.07, 6.45) is 1.14. The summed E-state index contributed by atoms with van der Waals surface area (Å²) >= 11 is 0. The average molecular weight is 372 g/mol. The molecule has 0 aliphatic carbocycles. The molecular weight excluding hydrogens is 346 g/mol. The van der Waals surface area contributed by atoms with E-state index in [1.165, 1.54) is 22.3 Å². The number of quaternary nitrogens is 1. The lowest BCUT2D eigenvalue weighted by Gasteiger charge is -2.44. The topological polar surface area (TPSA) is 18.5 Å². The molecule has 0 amide bonds. The second-order valence-corrected chi connectivity index (χ2v) is 8.10. The molecule has 2 aliphatic rings. The van der Waals surface area contributed by atoms with E-state index in [0.29, 0.717) is 12.6 Å². The number of fused-ring (bicyclic) bond motifs is 5. The molecule has 0 N–H and O–H groups in total. The van der Waals surface area contributed by atoms with Crippen molar-refractivity contribution in [1.29, 1.82) is 0 Å². The third-order valence-electron chi connectivity index (χ3n) is 6.25. The Morgan fingerprint density at radius 3 is 2.64 bits per heavy atom. The van der Waals surface area contributed by atoms with Gasteiger partial charge in [-0.15, -0.1) is 0 Å². The Morgan fingerprint density at radius 1 is 0.929 bits per heavy atom. The van der Waals surface area contributed by atoms with Crippen LogP contribution in [0.25, 0.3) is 0 Å². The molecule has 0 bridgehead atoms. The number of ether oxygens (including phenoxy) is 2. The maximum absolute atomic E-state index is 6.22. The minimum Gasteiger partial charge on any atom is -0.489 e. The van der Waals surface area contributed by atoms with Crippen LogP contribution in [0.4, 0.5) is 0 Å². The molecule has 0 saturated heterocycles. The predicted octanol–water partition coefficient (Wildman–Crippen LogP) is 4.75. The van der Waals surface area contributed by atoms with E-state index in [1.807, 2.05) is 18.2 Å². The molecule has 3 nitrogen and oxygen atoms in total. The predicted molar refractivity (Wildman–Crippen MR) is 111 cm³/mol. The molecule has 0 radical (unpaired) electrons. The summed E-state index contributed by atoms with van der Waals surface area (Å²) in [5, 5.41) is 0. The van der Waals surface area contributed by atoms with E-state index in [2.05, 4.69) is 61.6 Å². The maximum atomic E-state index is 6.22. The van der Waals surface area contributed by atoms with Gasteiger partial charge in [0.15, 0.2) is 0 Å². The summed E-state index contributed by atoms with van der Waals surface area (Å²) in [6, 6.07) is 25.9. The number of benzene rings is 3. The summed E-state index contributed by atoms with van der Waals surface area (Å²) in [7, 11) is 2.37. The zero-order valence-corrected chi connectivity index (χ0v) is 16.3. The van der Waals surface area contributed by atoms with Crippen LogP contribution < -0.4 is 9.47 Å². The first-order valence-electron chi connectivity index (χ1n) is 10.1. The third-order valence-corrected chi connectivity index (χ3v) is 6.25. The zero-order chi connectivity index (χ0) is 19.0. The van der Waals surface area contributed by atoms with Crippen LogP contribution in [0.5, 0.6) is 11.5 Å². The van der Waals surface area contributed by atoms with Crippen LogP contribution in [0.3, 0.4) is 0 Å². The average Bonchev–Trinajstić information content (AvgIpc) is 2.88. The van der Waals surface area contributed by atoms with Gasteiger partial charge in [-0.3, -0.25) is 0 Å². The molecule has 2 heterocycles. The molecule has 2 unspecified atom stereocenters. The van der Waals surface area contributed by atoms with Gasteiger partial charge in [0.05, 0.1) is 19.2 Å². The second-order valence-electron chi connectivity index (χ2n) is 8.10. The molecular formula is C25H26NO2+. The first-order chi connectivity index (χ1) is 13.7. The summed E-state index contributed by atoms with van der Waals surface area (Å²) in [5.74, 6) is 1.83. The van der Waals surface area contributed by atoms with Crippen molar-refractivity contribution in [2.75, 3.05) is 26.7 Å². The number of rotatable bonds is 3. The fourth-order valence-electron chi connectivity index (χ4n) is 4.67. The van der Waals surface area contributed by atoms with E-state index < -0.39 is 0 Å². The first kappa shape index (κ1) is 17.3. The van der Waals surface area contributed by atoms with Crippen LogP contribution in [-0.4, -0.2) is 31.2 Å². The summed E-state index contributed by atoms with van der Waals surface area (Å²) in [4.78, 5) is 0. The minimum atomic E-state index is 0.325. The molecule has 3 aromatic rings. The Hall–Kier alpha value is -2.78. The van der Waals surface area contributed by atoms with E-state index in [0.717, 1.165) is 42.1 Å². The van der Waals surface area contributed by atoms with Crippen LogP contribution in [0.15, 0.2) is 72.8 Å². The molecule has 2 atom stereocenters. The molecule has 0 saturated carbocycles. The Kier molecular flexibility index (Phi) is 4.33. The smallest absolute Gasteiger partial charge is 0.144 e. The summed E-state index contributed by atoms with van der Waals surface area (Å²) in [6.45, 7) is 3.48. The lowest BCUT2D eigenvalue weighted by molar-refractivity contribution is -0.934. The molecule has 0 fully saturated rings. The number of nitrogens with zero attached hydrogens (tertiary/aromatic N) is 1. The van der Waals surface area contributed by atoms with Crippen LogP contribution in [0.2, 0.25) is 0 Å². The van der Waals surface area contributed by atoms with Crippen molar-refractivity contribution < 1.29 is 14.0 Å². The van der Waals surface area contributed by atoms with Crippen molar-refractivity contribution in [1.82, 2.24) is 0 Å². The molecule has 5 rings (SSSR count). The van der Waals surface area contributed by atoms with Gasteiger partial charge in [-0.2, -0.15) is 0 Å². The molecule has 3 aromatic carbocycles. The van der Waals surface area contributed by atoms with Crippen LogP contribution in [-0.2, 0) is 13.0 Å². The largest absolute Gasteiger partial charge is 0.489 e. The van der Waals surface area contributed by atoms with Gasteiger partial charge in [-0.1, -0.05) is 54.6 Å². The van der Waals surface area contributed by atoms with Crippen molar-refractivity contribution >= 4 is 0 Å². The third kappa shape index (κ3) is 3.06. The highest BCUT2D eigenvalue weighted by Gasteiger charge is 2.43. The van der Waals surface area contributed by atoms with Gasteiger partial charge in [0.2, 0.25) is 0 Å². The SMILES string of the molecule is C[N+]12CCOc3cc(OCc4ccccc4)ccc3C1c1ccccc1CC2. The highest BCUT2D eigenvalue weighted by atomic mass is 16.5. The monoisotopic (exact) mass is 372 g/mol. The van der Waals surface area contributed by atoms with E-state index in [4.69, 9.17) is 9.47 Å². The minimum absolute atomic E-state index is 0.325. The Balaban J connectivity index is 1.49. The van der Waals surface area contributed by atoms with E-state index in [1.54, 1.807) is 0 Å². The number of hydrogen-bond acceptors (Lipinski definition) is 2. The second kappa shape index (κ2) is 6.99. The van der Waals surface area contributed by atoms with Gasteiger partial charge in [-0.25, -0.2) is 0 Å². The molecule has 3 heteroatoms. The van der Waals surface area contributed by atoms with Crippen molar-refractivity contribution in [3.8, 4) is 11.5 Å². The van der Waals surface area contributed by atoms with Crippen LogP contribution in [0, 0.1) is 0 Å². The van der Waals surface area contributed by atoms with E-state index in [9.17, 15) is 0 Å². The fourth-order valence-corrected chi connectivity index (χ4v) is 4.67. The summed E-state index contributed by atoms with van der Waals surface area (Å²) < 4.78 is 13.3. The van der Waals surface area contributed by atoms with Crippen LogP contribution >= 0.6 is 0 Å². The fraction of sp³-hybridized carbons (Fsp3) is 0.280. The van der Waals surface area contributed by atoms with Gasteiger partial charge >= 0.3 is 0 Å². The lowest BCUT2D eigenvalue weighted by Crippen LogP contribution is -2.52. The maximum Gasteiger partial charge on any atom is 0.144 e. The molecule has 2 aliphatic heterocycles. The Labute approximate surface area is 166 Å². The Morgan fingerprint density at radius 2 is 1.75 bits per heavy atom. The molecule has 0 aromatic heterocycles. The molecule has 142 valence electrons. The van der Waals surface area contributed by atoms with Gasteiger partial charge < -0.3 is 14.0 Å². The Bertz CT molecular complexity index is 985. The number of likely N-dealkylation sites (N-methyl/N-ethyl adjacent to an activating group) is 1. The quantitative estimate of drug-likeness (QED) is 0.618. The van der Waals surface area contributed by atoms with E-state index in [-0.39, 0.29) is 0 Å². The van der Waals surface area contributed by atoms with Crippen molar-refractivity contribution in [2.24, 2.45) is 0 Å². The van der Waals surface area contributed by atoms with Gasteiger partial charge in [0.25, 0.3) is 0 Å².